The Hall–Kier alpha value is -6.91. The fourth-order valence-corrected chi connectivity index (χ4v) is 7.11. The Kier molecular flexibility index (Phi) is 6.78. The molecule has 0 spiro atoms. The molecule has 0 aliphatic carbocycles. The highest BCUT2D eigenvalue weighted by atomic mass is 16.3. The molecule has 10 aromatic rings. The van der Waals surface area contributed by atoms with Crippen molar-refractivity contribution in [1.29, 1.82) is 0 Å². The highest BCUT2D eigenvalue weighted by Gasteiger charge is 2.19. The number of nitrogens with zero attached hydrogens (tertiary/aromatic N) is 3. The fourth-order valence-electron chi connectivity index (χ4n) is 7.11. The Balaban J connectivity index is 1.08. The summed E-state index contributed by atoms with van der Waals surface area (Å²) in [6.07, 6.45) is 0. The van der Waals surface area contributed by atoms with Crippen molar-refractivity contribution >= 4 is 43.6 Å². The number of para-hydroxylation sites is 1. The second-order valence-electron chi connectivity index (χ2n) is 12.8. The van der Waals surface area contributed by atoms with Crippen molar-refractivity contribution in [3.05, 3.63) is 176 Å². The van der Waals surface area contributed by atoms with E-state index in [0.29, 0.717) is 5.82 Å². The van der Waals surface area contributed by atoms with Gasteiger partial charge in [0.15, 0.2) is 5.82 Å². The van der Waals surface area contributed by atoms with Gasteiger partial charge in [-0.2, -0.15) is 0 Å². The van der Waals surface area contributed by atoms with Crippen molar-refractivity contribution in [1.82, 2.24) is 15.0 Å². The van der Waals surface area contributed by atoms with Crippen molar-refractivity contribution in [3.63, 3.8) is 0 Å². The van der Waals surface area contributed by atoms with Crippen LogP contribution >= 0.6 is 0 Å². The maximum atomic E-state index is 6.57. The van der Waals surface area contributed by atoms with Gasteiger partial charge in [-0.3, -0.25) is 0 Å². The van der Waals surface area contributed by atoms with E-state index in [4.69, 9.17) is 19.4 Å². The van der Waals surface area contributed by atoms with Crippen molar-refractivity contribution in [2.45, 2.75) is 0 Å². The number of pyridine rings is 1. The first-order chi connectivity index (χ1) is 25.2. The van der Waals surface area contributed by atoms with Gasteiger partial charge in [0.05, 0.1) is 28.0 Å². The molecule has 0 saturated carbocycles. The molecule has 4 nitrogen and oxygen atoms in total. The van der Waals surface area contributed by atoms with E-state index >= 15 is 0 Å². The molecule has 238 valence electrons. The molecule has 3 heterocycles. The van der Waals surface area contributed by atoms with E-state index in [2.05, 4.69) is 127 Å². The van der Waals surface area contributed by atoms with Crippen LogP contribution < -0.4 is 0 Å². The minimum Gasteiger partial charge on any atom is -0.455 e. The van der Waals surface area contributed by atoms with Gasteiger partial charge in [0.1, 0.15) is 11.2 Å². The predicted octanol–water partition coefficient (Wildman–Crippen LogP) is 12.4. The van der Waals surface area contributed by atoms with Gasteiger partial charge >= 0.3 is 0 Å². The van der Waals surface area contributed by atoms with Crippen LogP contribution in [0.3, 0.4) is 0 Å². The van der Waals surface area contributed by atoms with Gasteiger partial charge in [0.25, 0.3) is 0 Å². The summed E-state index contributed by atoms with van der Waals surface area (Å²) in [6.45, 7) is 0. The highest BCUT2D eigenvalue weighted by Crippen LogP contribution is 2.41. The lowest BCUT2D eigenvalue weighted by molar-refractivity contribution is 0.672. The number of benzene rings is 7. The number of aromatic nitrogens is 3. The SMILES string of the molecule is c1ccc(-c2cc(-c3ccc(-c4cccc(-c5nc6cc7ccccc7cc6c6oc7ccccc7c56)c4)cc3)nc(-c3ccccc3)n2)cc1. The van der Waals surface area contributed by atoms with Crippen LogP contribution in [0.25, 0.3) is 99.9 Å². The minimum atomic E-state index is 0.706. The normalized spacial score (nSPS) is 11.5. The number of rotatable bonds is 5. The molecule has 0 atom stereocenters. The zero-order valence-corrected chi connectivity index (χ0v) is 27.5. The molecule has 0 aliphatic heterocycles. The zero-order chi connectivity index (χ0) is 33.7. The highest BCUT2D eigenvalue weighted by molar-refractivity contribution is 6.20. The summed E-state index contributed by atoms with van der Waals surface area (Å²) in [4.78, 5) is 15.3. The Morgan fingerprint density at radius 1 is 0.373 bits per heavy atom. The first kappa shape index (κ1) is 29.0. The molecule has 0 amide bonds. The van der Waals surface area contributed by atoms with Crippen LogP contribution in [0.1, 0.15) is 0 Å². The van der Waals surface area contributed by atoms with Crippen molar-refractivity contribution in [2.75, 3.05) is 0 Å². The van der Waals surface area contributed by atoms with Crippen molar-refractivity contribution in [3.8, 4) is 56.3 Å². The standard InChI is InChI=1S/C47H29N3O/c1-3-12-31(13-4-1)40-29-41(50-47(49-40)33-14-5-2-6-15-33)32-24-22-30(23-25-32)34-18-11-19-37(26-34)45-44-38-20-9-10-21-43(38)51-46(44)39-27-35-16-7-8-17-36(35)28-42(39)48-45/h1-29H. The Morgan fingerprint density at radius 3 is 1.73 bits per heavy atom. The molecule has 0 unspecified atom stereocenters. The molecule has 0 radical (unpaired) electrons. The zero-order valence-electron chi connectivity index (χ0n) is 27.5. The van der Waals surface area contributed by atoms with Crippen LogP contribution in [-0.2, 0) is 0 Å². The lowest BCUT2D eigenvalue weighted by atomic mass is 9.97. The van der Waals surface area contributed by atoms with Gasteiger partial charge in [-0.15, -0.1) is 0 Å². The summed E-state index contributed by atoms with van der Waals surface area (Å²) in [5.41, 5.74) is 11.7. The van der Waals surface area contributed by atoms with E-state index in [1.165, 1.54) is 5.39 Å². The first-order valence-electron chi connectivity index (χ1n) is 17.1. The number of hydrogen-bond acceptors (Lipinski definition) is 4. The third-order valence-electron chi connectivity index (χ3n) is 9.65. The molecule has 0 N–H and O–H groups in total. The molecule has 51 heavy (non-hydrogen) atoms. The van der Waals surface area contributed by atoms with Crippen LogP contribution in [0.2, 0.25) is 0 Å². The van der Waals surface area contributed by atoms with Gasteiger partial charge in [-0.1, -0.05) is 146 Å². The molecular formula is C47H29N3O. The number of furan rings is 1. The average Bonchev–Trinajstić information content (AvgIpc) is 3.61. The van der Waals surface area contributed by atoms with Crippen LogP contribution in [0.15, 0.2) is 180 Å². The largest absolute Gasteiger partial charge is 0.455 e. The third kappa shape index (κ3) is 5.13. The quantitative estimate of drug-likeness (QED) is 0.174. The van der Waals surface area contributed by atoms with Gasteiger partial charge < -0.3 is 4.42 Å². The van der Waals surface area contributed by atoms with Gasteiger partial charge in [0, 0.05) is 33.0 Å². The third-order valence-corrected chi connectivity index (χ3v) is 9.65. The monoisotopic (exact) mass is 651 g/mol. The van der Waals surface area contributed by atoms with Crippen molar-refractivity contribution < 1.29 is 4.42 Å². The number of hydrogen-bond donors (Lipinski definition) is 0. The van der Waals surface area contributed by atoms with E-state index < -0.39 is 0 Å². The van der Waals surface area contributed by atoms with Crippen LogP contribution in [-0.4, -0.2) is 15.0 Å². The average molecular weight is 652 g/mol. The maximum Gasteiger partial charge on any atom is 0.160 e. The van der Waals surface area contributed by atoms with Gasteiger partial charge in [-0.25, -0.2) is 15.0 Å². The molecule has 7 aromatic carbocycles. The molecule has 4 heteroatoms. The lowest BCUT2D eigenvalue weighted by Gasteiger charge is -2.11. The fraction of sp³-hybridized carbons (Fsp3) is 0. The summed E-state index contributed by atoms with van der Waals surface area (Å²) >= 11 is 0. The summed E-state index contributed by atoms with van der Waals surface area (Å²) in [6, 6.07) is 60.8. The second kappa shape index (κ2) is 11.9. The minimum absolute atomic E-state index is 0.706. The molecule has 0 bridgehead atoms. The molecule has 10 rings (SSSR count). The van der Waals surface area contributed by atoms with Crippen molar-refractivity contribution in [2.24, 2.45) is 0 Å². The summed E-state index contributed by atoms with van der Waals surface area (Å²) in [5.74, 6) is 0.706. The molecule has 0 saturated heterocycles. The summed E-state index contributed by atoms with van der Waals surface area (Å²) < 4.78 is 6.57. The van der Waals surface area contributed by atoms with E-state index in [-0.39, 0.29) is 0 Å². The van der Waals surface area contributed by atoms with Crippen LogP contribution in [0.5, 0.6) is 0 Å². The maximum absolute atomic E-state index is 6.57. The molecule has 3 aromatic heterocycles. The predicted molar refractivity (Wildman–Crippen MR) is 209 cm³/mol. The van der Waals surface area contributed by atoms with E-state index in [0.717, 1.165) is 88.7 Å². The Labute approximate surface area is 294 Å². The Bertz CT molecular complexity index is 2840. The first-order valence-corrected chi connectivity index (χ1v) is 17.1. The van der Waals surface area contributed by atoms with E-state index in [9.17, 15) is 0 Å². The topological polar surface area (TPSA) is 51.8 Å². The van der Waals surface area contributed by atoms with Gasteiger partial charge in [0.2, 0.25) is 0 Å². The van der Waals surface area contributed by atoms with E-state index in [1.807, 2.05) is 48.5 Å². The van der Waals surface area contributed by atoms with E-state index in [1.54, 1.807) is 0 Å². The molecule has 0 aliphatic rings. The number of fused-ring (bicyclic) bond motifs is 6. The van der Waals surface area contributed by atoms with Crippen LogP contribution in [0.4, 0.5) is 0 Å². The second-order valence-corrected chi connectivity index (χ2v) is 12.8. The Morgan fingerprint density at radius 2 is 0.961 bits per heavy atom. The summed E-state index contributed by atoms with van der Waals surface area (Å²) in [7, 11) is 0. The molecule has 0 fully saturated rings. The summed E-state index contributed by atoms with van der Waals surface area (Å²) in [5, 5.41) is 5.44. The molecular weight excluding hydrogens is 623 g/mol. The van der Waals surface area contributed by atoms with Gasteiger partial charge in [-0.05, 0) is 52.2 Å². The van der Waals surface area contributed by atoms with Crippen LogP contribution in [0, 0.1) is 0 Å². The smallest absolute Gasteiger partial charge is 0.160 e. The lowest BCUT2D eigenvalue weighted by Crippen LogP contribution is -1.95.